The molecule has 0 saturated carbocycles. The third kappa shape index (κ3) is 10.6. The van der Waals surface area contributed by atoms with Crippen molar-refractivity contribution < 1.29 is 28.5 Å². The number of rotatable bonds is 14. The van der Waals surface area contributed by atoms with Gasteiger partial charge in [0.2, 0.25) is 0 Å². The van der Waals surface area contributed by atoms with Crippen molar-refractivity contribution in [2.75, 3.05) is 26.4 Å². The molecule has 0 bridgehead atoms. The Bertz CT molecular complexity index is 486. The Balaban J connectivity index is 2.27. The second-order valence-electron chi connectivity index (χ2n) is 5.91. The number of hydrogen-bond donors (Lipinski definition) is 0. The highest BCUT2D eigenvalue weighted by Gasteiger charge is 2.07. The number of ether oxygens (including phenoxy) is 4. The van der Waals surface area contributed by atoms with E-state index in [9.17, 15) is 9.59 Å². The Labute approximate surface area is 155 Å². The van der Waals surface area contributed by atoms with Gasteiger partial charge in [0.1, 0.15) is 11.5 Å². The number of unbranched alkanes of at least 4 members (excludes halogenated alkanes) is 4. The summed E-state index contributed by atoms with van der Waals surface area (Å²) < 4.78 is 20.9. The van der Waals surface area contributed by atoms with Crippen LogP contribution in [-0.2, 0) is 19.1 Å². The maximum atomic E-state index is 11.6. The van der Waals surface area contributed by atoms with Crippen LogP contribution in [0.3, 0.4) is 0 Å². The van der Waals surface area contributed by atoms with Gasteiger partial charge in [-0.2, -0.15) is 0 Å². The van der Waals surface area contributed by atoms with E-state index in [0.717, 1.165) is 38.5 Å². The van der Waals surface area contributed by atoms with E-state index >= 15 is 0 Å². The monoisotopic (exact) mass is 366 g/mol. The zero-order chi connectivity index (χ0) is 19.0. The number of benzene rings is 1. The van der Waals surface area contributed by atoms with Crippen LogP contribution in [0.5, 0.6) is 11.5 Å². The highest BCUT2D eigenvalue weighted by Crippen LogP contribution is 2.19. The van der Waals surface area contributed by atoms with Crippen LogP contribution in [0.4, 0.5) is 0 Å². The average Bonchev–Trinajstić information content (AvgIpc) is 2.66. The van der Waals surface area contributed by atoms with Crippen LogP contribution in [0.15, 0.2) is 24.3 Å². The van der Waals surface area contributed by atoms with E-state index in [-0.39, 0.29) is 13.2 Å². The average molecular weight is 366 g/mol. The van der Waals surface area contributed by atoms with E-state index in [1.807, 2.05) is 0 Å². The molecule has 6 nitrogen and oxygen atoms in total. The number of carbonyl (C=O) groups excluding carboxylic acids is 2. The molecule has 1 aromatic rings. The molecule has 0 saturated heterocycles. The molecular weight excluding hydrogens is 336 g/mol. The van der Waals surface area contributed by atoms with Gasteiger partial charge in [0.15, 0.2) is 13.2 Å². The first-order chi connectivity index (χ1) is 12.7. The third-order valence-corrected chi connectivity index (χ3v) is 3.54. The first kappa shape index (κ1) is 21.8. The van der Waals surface area contributed by atoms with Crippen molar-refractivity contribution >= 4 is 11.9 Å². The summed E-state index contributed by atoms with van der Waals surface area (Å²) in [5.74, 6) is 0.153. The minimum atomic E-state index is -0.400. The molecule has 146 valence electrons. The fraction of sp³-hybridized carbons (Fsp3) is 0.600. The summed E-state index contributed by atoms with van der Waals surface area (Å²) in [6.07, 6.45) is 5.95. The lowest BCUT2D eigenvalue weighted by Gasteiger charge is -2.10. The predicted molar refractivity (Wildman–Crippen MR) is 98.4 cm³/mol. The molecule has 0 atom stereocenters. The molecule has 26 heavy (non-hydrogen) atoms. The lowest BCUT2D eigenvalue weighted by Crippen LogP contribution is -2.16. The van der Waals surface area contributed by atoms with Gasteiger partial charge in [-0.1, -0.05) is 45.6 Å². The molecule has 0 heterocycles. The number of esters is 2. The number of hydrogen-bond acceptors (Lipinski definition) is 6. The standard InChI is InChI=1S/C20H30O6/c1-3-5-7-12-23-19(21)15-25-17-10-9-11-18(14-17)26-16-20(22)24-13-8-6-4-2/h9-11,14H,3-8,12-13,15-16H2,1-2H3. The SMILES string of the molecule is CCCCCOC(=O)COc1cccc(OCC(=O)OCCCCC)c1. The van der Waals surface area contributed by atoms with Crippen molar-refractivity contribution in [3.63, 3.8) is 0 Å². The van der Waals surface area contributed by atoms with Crippen LogP contribution < -0.4 is 9.47 Å². The largest absolute Gasteiger partial charge is 0.482 e. The summed E-state index contributed by atoms with van der Waals surface area (Å²) >= 11 is 0. The van der Waals surface area contributed by atoms with Crippen molar-refractivity contribution in [3.8, 4) is 11.5 Å². The van der Waals surface area contributed by atoms with E-state index in [1.54, 1.807) is 24.3 Å². The van der Waals surface area contributed by atoms with Crippen LogP contribution in [-0.4, -0.2) is 38.4 Å². The molecule has 6 heteroatoms. The summed E-state index contributed by atoms with van der Waals surface area (Å²) in [5.41, 5.74) is 0. The van der Waals surface area contributed by atoms with Gasteiger partial charge >= 0.3 is 11.9 Å². The zero-order valence-electron chi connectivity index (χ0n) is 15.8. The van der Waals surface area contributed by atoms with Crippen LogP contribution in [0, 0.1) is 0 Å². The lowest BCUT2D eigenvalue weighted by molar-refractivity contribution is -0.146. The Kier molecular flexibility index (Phi) is 11.7. The van der Waals surface area contributed by atoms with Crippen LogP contribution in [0.25, 0.3) is 0 Å². The topological polar surface area (TPSA) is 71.1 Å². The normalized spacial score (nSPS) is 10.2. The van der Waals surface area contributed by atoms with Crippen molar-refractivity contribution in [1.29, 1.82) is 0 Å². The Morgan fingerprint density at radius 1 is 0.769 bits per heavy atom. The second-order valence-corrected chi connectivity index (χ2v) is 5.91. The maximum absolute atomic E-state index is 11.6. The molecule has 0 radical (unpaired) electrons. The highest BCUT2D eigenvalue weighted by atomic mass is 16.6. The Morgan fingerprint density at radius 2 is 1.23 bits per heavy atom. The van der Waals surface area contributed by atoms with Gasteiger partial charge in [-0.3, -0.25) is 0 Å². The molecule has 0 spiro atoms. The summed E-state index contributed by atoms with van der Waals surface area (Å²) in [5, 5.41) is 0. The van der Waals surface area contributed by atoms with E-state index in [4.69, 9.17) is 18.9 Å². The van der Waals surface area contributed by atoms with Gasteiger partial charge in [0.05, 0.1) is 13.2 Å². The summed E-state index contributed by atoms with van der Waals surface area (Å²) in [4.78, 5) is 23.2. The maximum Gasteiger partial charge on any atom is 0.344 e. The van der Waals surface area contributed by atoms with Gasteiger partial charge in [-0.15, -0.1) is 0 Å². The third-order valence-electron chi connectivity index (χ3n) is 3.54. The van der Waals surface area contributed by atoms with Crippen molar-refractivity contribution in [3.05, 3.63) is 24.3 Å². The van der Waals surface area contributed by atoms with Crippen molar-refractivity contribution in [1.82, 2.24) is 0 Å². The molecule has 0 N–H and O–H groups in total. The van der Waals surface area contributed by atoms with Crippen LogP contribution in [0.2, 0.25) is 0 Å². The first-order valence-electron chi connectivity index (χ1n) is 9.32. The summed E-state index contributed by atoms with van der Waals surface area (Å²) in [6.45, 7) is 4.70. The molecule has 0 aliphatic carbocycles. The van der Waals surface area contributed by atoms with Gasteiger partial charge in [0.25, 0.3) is 0 Å². The molecule has 0 unspecified atom stereocenters. The van der Waals surface area contributed by atoms with Gasteiger partial charge in [0, 0.05) is 6.07 Å². The van der Waals surface area contributed by atoms with Gasteiger partial charge < -0.3 is 18.9 Å². The van der Waals surface area contributed by atoms with Gasteiger partial charge in [-0.25, -0.2) is 9.59 Å². The second kappa shape index (κ2) is 14.0. The smallest absolute Gasteiger partial charge is 0.344 e. The molecule has 0 aromatic heterocycles. The highest BCUT2D eigenvalue weighted by molar-refractivity contribution is 5.71. The Morgan fingerprint density at radius 3 is 1.65 bits per heavy atom. The minimum absolute atomic E-state index is 0.158. The molecule has 1 rings (SSSR count). The predicted octanol–water partition coefficient (Wildman–Crippen LogP) is 3.91. The molecule has 0 aliphatic rings. The molecule has 0 fully saturated rings. The van der Waals surface area contributed by atoms with Gasteiger partial charge in [-0.05, 0) is 25.0 Å². The van der Waals surface area contributed by atoms with E-state index in [0.29, 0.717) is 24.7 Å². The van der Waals surface area contributed by atoms with Crippen LogP contribution >= 0.6 is 0 Å². The minimum Gasteiger partial charge on any atom is -0.482 e. The lowest BCUT2D eigenvalue weighted by atomic mass is 10.3. The first-order valence-corrected chi connectivity index (χ1v) is 9.32. The van der Waals surface area contributed by atoms with E-state index < -0.39 is 11.9 Å². The fourth-order valence-electron chi connectivity index (χ4n) is 2.10. The molecule has 0 amide bonds. The molecule has 1 aromatic carbocycles. The quantitative estimate of drug-likeness (QED) is 0.367. The zero-order valence-corrected chi connectivity index (χ0v) is 15.8. The van der Waals surface area contributed by atoms with Crippen molar-refractivity contribution in [2.45, 2.75) is 52.4 Å². The fourth-order valence-corrected chi connectivity index (χ4v) is 2.10. The van der Waals surface area contributed by atoms with Crippen molar-refractivity contribution in [2.24, 2.45) is 0 Å². The van der Waals surface area contributed by atoms with Crippen LogP contribution in [0.1, 0.15) is 52.4 Å². The molecular formula is C20H30O6. The number of carbonyl (C=O) groups is 2. The summed E-state index contributed by atoms with van der Waals surface area (Å²) in [6, 6.07) is 6.76. The molecule has 0 aliphatic heterocycles. The Hall–Kier alpha value is -2.24. The summed E-state index contributed by atoms with van der Waals surface area (Å²) in [7, 11) is 0. The van der Waals surface area contributed by atoms with E-state index in [2.05, 4.69) is 13.8 Å². The van der Waals surface area contributed by atoms with E-state index in [1.165, 1.54) is 0 Å².